The fraction of sp³-hybridized carbons (Fsp3) is 0.316. The lowest BCUT2D eigenvalue weighted by atomic mass is 10.0. The van der Waals surface area contributed by atoms with Crippen LogP contribution in [0.25, 0.3) is 5.82 Å². The lowest BCUT2D eigenvalue weighted by Gasteiger charge is -2.27. The van der Waals surface area contributed by atoms with Crippen molar-refractivity contribution in [3.63, 3.8) is 0 Å². The Morgan fingerprint density at radius 3 is 2.92 bits per heavy atom. The van der Waals surface area contributed by atoms with Crippen LogP contribution in [0.15, 0.2) is 47.3 Å². The van der Waals surface area contributed by atoms with Gasteiger partial charge in [-0.3, -0.25) is 4.90 Å². The predicted molar refractivity (Wildman–Crippen MR) is 97.0 cm³/mol. The summed E-state index contributed by atoms with van der Waals surface area (Å²) in [6, 6.07) is 5.37. The lowest BCUT2D eigenvalue weighted by Crippen LogP contribution is -2.31. The van der Waals surface area contributed by atoms with Crippen molar-refractivity contribution in [2.45, 2.75) is 25.8 Å². The van der Waals surface area contributed by atoms with Gasteiger partial charge in [-0.25, -0.2) is 4.98 Å². The van der Waals surface area contributed by atoms with Crippen LogP contribution in [0.1, 0.15) is 29.7 Å². The predicted octanol–water partition coefficient (Wildman–Crippen LogP) is 3.17. The second-order valence-electron chi connectivity index (χ2n) is 6.49. The largest absolute Gasteiger partial charge is 0.294 e. The standard InChI is InChI=1S/C19H18N6O/c20-10-15-6-7-18(21-11-15)25-19(23-26)16-13-24(9-8-17(16)22-25)12-14-4-2-1-3-5-14/h2,4-7,11H,1,3,8-9,12-13H2. The molecule has 0 bridgehead atoms. The minimum atomic E-state index is 0.301. The second kappa shape index (κ2) is 7.02. The number of nitrogens with zero attached hydrogens (tertiary/aromatic N) is 6. The molecule has 2 aliphatic rings. The number of nitriles is 1. The van der Waals surface area contributed by atoms with Crippen LogP contribution in [0.4, 0.5) is 5.82 Å². The number of aromatic nitrogens is 3. The third-order valence-electron chi connectivity index (χ3n) is 4.74. The van der Waals surface area contributed by atoms with Gasteiger partial charge < -0.3 is 0 Å². The molecule has 0 saturated heterocycles. The first-order chi connectivity index (χ1) is 12.8. The number of rotatable bonds is 4. The molecule has 0 unspecified atom stereocenters. The number of hydrogen-bond acceptors (Lipinski definition) is 6. The van der Waals surface area contributed by atoms with E-state index in [0.717, 1.165) is 43.6 Å². The van der Waals surface area contributed by atoms with Crippen molar-refractivity contribution in [2.24, 2.45) is 5.18 Å². The summed E-state index contributed by atoms with van der Waals surface area (Å²) in [6.07, 6.45) is 11.1. The van der Waals surface area contributed by atoms with Gasteiger partial charge in [-0.05, 0) is 35.7 Å². The summed E-state index contributed by atoms with van der Waals surface area (Å²) in [5, 5.41) is 16.7. The minimum absolute atomic E-state index is 0.301. The molecule has 1 aliphatic carbocycles. The van der Waals surface area contributed by atoms with Crippen LogP contribution in [0.5, 0.6) is 0 Å². The maximum atomic E-state index is 11.5. The van der Waals surface area contributed by atoms with Crippen molar-refractivity contribution in [1.82, 2.24) is 19.7 Å². The Bertz CT molecular complexity index is 932. The summed E-state index contributed by atoms with van der Waals surface area (Å²) in [6.45, 7) is 2.42. The molecular weight excluding hydrogens is 328 g/mol. The monoisotopic (exact) mass is 346 g/mol. The Balaban J connectivity index is 1.61. The SMILES string of the molecule is N#Cc1ccc(-n2nc3c(c2N=O)CN(CC2=CCCC=C2)CC3)nc1. The fourth-order valence-electron chi connectivity index (χ4n) is 3.42. The molecule has 26 heavy (non-hydrogen) atoms. The smallest absolute Gasteiger partial charge is 0.206 e. The summed E-state index contributed by atoms with van der Waals surface area (Å²) in [5.41, 5.74) is 3.56. The normalized spacial score (nSPS) is 16.7. The van der Waals surface area contributed by atoms with Crippen molar-refractivity contribution in [2.75, 3.05) is 13.1 Å². The maximum absolute atomic E-state index is 11.5. The zero-order valence-corrected chi connectivity index (χ0v) is 14.3. The van der Waals surface area contributed by atoms with Crippen molar-refractivity contribution < 1.29 is 0 Å². The van der Waals surface area contributed by atoms with Gasteiger partial charge >= 0.3 is 0 Å². The molecule has 0 saturated carbocycles. The molecule has 7 nitrogen and oxygen atoms in total. The first-order valence-electron chi connectivity index (χ1n) is 8.67. The van der Waals surface area contributed by atoms with Gasteiger partial charge in [-0.2, -0.15) is 15.0 Å². The molecule has 3 heterocycles. The molecule has 0 N–H and O–H groups in total. The molecular formula is C19H18N6O. The Hall–Kier alpha value is -3.11. The first-order valence-corrected chi connectivity index (χ1v) is 8.67. The van der Waals surface area contributed by atoms with Crippen LogP contribution in [0, 0.1) is 16.2 Å². The van der Waals surface area contributed by atoms with E-state index in [-0.39, 0.29) is 0 Å². The van der Waals surface area contributed by atoms with E-state index in [1.165, 1.54) is 16.5 Å². The topological polar surface area (TPSA) is 87.2 Å². The van der Waals surface area contributed by atoms with Crippen LogP contribution in [-0.4, -0.2) is 32.8 Å². The van der Waals surface area contributed by atoms with E-state index in [0.29, 0.717) is 23.7 Å². The lowest BCUT2D eigenvalue weighted by molar-refractivity contribution is 0.276. The molecule has 7 heteroatoms. The van der Waals surface area contributed by atoms with E-state index in [2.05, 4.69) is 38.4 Å². The molecule has 4 rings (SSSR count). The summed E-state index contributed by atoms with van der Waals surface area (Å²) in [4.78, 5) is 18.1. The van der Waals surface area contributed by atoms with Crippen molar-refractivity contribution in [3.05, 3.63) is 63.9 Å². The Kier molecular flexibility index (Phi) is 4.42. The molecule has 2 aromatic heterocycles. The van der Waals surface area contributed by atoms with Gasteiger partial charge in [0.15, 0.2) is 5.82 Å². The molecule has 0 atom stereocenters. The Labute approximate surface area is 151 Å². The number of allylic oxidation sites excluding steroid dienone is 2. The molecule has 1 aliphatic heterocycles. The molecule has 0 radical (unpaired) electrons. The van der Waals surface area contributed by atoms with Crippen LogP contribution >= 0.6 is 0 Å². The van der Waals surface area contributed by atoms with E-state index in [4.69, 9.17) is 5.26 Å². The van der Waals surface area contributed by atoms with Gasteiger partial charge in [0, 0.05) is 37.8 Å². The maximum Gasteiger partial charge on any atom is 0.206 e. The number of fused-ring (bicyclic) bond motifs is 1. The molecule has 0 amide bonds. The number of nitroso groups, excluding NO2 is 1. The van der Waals surface area contributed by atoms with Gasteiger partial charge in [-0.1, -0.05) is 18.2 Å². The van der Waals surface area contributed by atoms with E-state index < -0.39 is 0 Å². The van der Waals surface area contributed by atoms with Crippen molar-refractivity contribution >= 4 is 5.82 Å². The molecule has 0 aromatic carbocycles. The zero-order valence-electron chi connectivity index (χ0n) is 14.3. The summed E-state index contributed by atoms with van der Waals surface area (Å²) in [5.74, 6) is 0.799. The number of pyridine rings is 1. The van der Waals surface area contributed by atoms with Crippen LogP contribution in [0.2, 0.25) is 0 Å². The average Bonchev–Trinajstić information content (AvgIpc) is 3.06. The average molecular weight is 346 g/mol. The van der Waals surface area contributed by atoms with E-state index in [1.54, 1.807) is 12.1 Å². The molecule has 2 aromatic rings. The van der Waals surface area contributed by atoms with Gasteiger partial charge in [0.25, 0.3) is 0 Å². The Morgan fingerprint density at radius 2 is 2.23 bits per heavy atom. The highest BCUT2D eigenvalue weighted by Crippen LogP contribution is 2.30. The van der Waals surface area contributed by atoms with Crippen LogP contribution < -0.4 is 0 Å². The summed E-state index contributed by atoms with van der Waals surface area (Å²) < 4.78 is 1.49. The molecule has 0 spiro atoms. The zero-order chi connectivity index (χ0) is 17.9. The van der Waals surface area contributed by atoms with E-state index in [9.17, 15) is 4.91 Å². The third-order valence-corrected chi connectivity index (χ3v) is 4.74. The molecule has 0 fully saturated rings. The van der Waals surface area contributed by atoms with Crippen LogP contribution in [0.3, 0.4) is 0 Å². The van der Waals surface area contributed by atoms with E-state index >= 15 is 0 Å². The third kappa shape index (κ3) is 3.07. The molecule has 130 valence electrons. The Morgan fingerprint density at radius 1 is 1.31 bits per heavy atom. The van der Waals surface area contributed by atoms with E-state index in [1.807, 2.05) is 6.07 Å². The second-order valence-corrected chi connectivity index (χ2v) is 6.49. The van der Waals surface area contributed by atoms with Crippen molar-refractivity contribution in [1.29, 1.82) is 5.26 Å². The highest BCUT2D eigenvalue weighted by atomic mass is 16.3. The summed E-state index contributed by atoms with van der Waals surface area (Å²) >= 11 is 0. The van der Waals surface area contributed by atoms with Crippen molar-refractivity contribution in [3.8, 4) is 11.9 Å². The minimum Gasteiger partial charge on any atom is -0.294 e. The van der Waals surface area contributed by atoms with Gasteiger partial charge in [0.1, 0.15) is 6.07 Å². The van der Waals surface area contributed by atoms with Gasteiger partial charge in [-0.15, -0.1) is 4.91 Å². The highest BCUT2D eigenvalue weighted by molar-refractivity contribution is 5.49. The highest BCUT2D eigenvalue weighted by Gasteiger charge is 2.26. The quantitative estimate of drug-likeness (QED) is 0.794. The first kappa shape index (κ1) is 16.4. The van der Waals surface area contributed by atoms with Gasteiger partial charge in [0.2, 0.25) is 5.82 Å². The van der Waals surface area contributed by atoms with Crippen LogP contribution in [-0.2, 0) is 13.0 Å². The van der Waals surface area contributed by atoms with Gasteiger partial charge in [0.05, 0.1) is 11.3 Å². The number of hydrogen-bond donors (Lipinski definition) is 0. The summed E-state index contributed by atoms with van der Waals surface area (Å²) in [7, 11) is 0. The fourth-order valence-corrected chi connectivity index (χ4v) is 3.42.